The maximum Gasteiger partial charge on any atom is 0.180 e. The van der Waals surface area contributed by atoms with E-state index in [2.05, 4.69) is 21.2 Å². The monoisotopic (exact) mass is 449 g/mol. The molecule has 3 nitrogen and oxygen atoms in total. The minimum absolute atomic E-state index is 0.271. The summed E-state index contributed by atoms with van der Waals surface area (Å²) in [6.07, 6.45) is 0. The van der Waals surface area contributed by atoms with Crippen molar-refractivity contribution >= 4 is 33.2 Å². The van der Waals surface area contributed by atoms with Gasteiger partial charge in [-0.1, -0.05) is 39.7 Å². The lowest BCUT2D eigenvalue weighted by Crippen LogP contribution is -2.02. The summed E-state index contributed by atoms with van der Waals surface area (Å²) < 4.78 is 25.3. The Morgan fingerprint density at radius 1 is 1.00 bits per heavy atom. The Kier molecular flexibility index (Phi) is 6.58. The summed E-state index contributed by atoms with van der Waals surface area (Å²) in [6.45, 7) is 0.864. The average molecular weight is 451 g/mol. The lowest BCUT2D eigenvalue weighted by molar-refractivity contribution is 0.284. The fourth-order valence-corrected chi connectivity index (χ4v) is 3.08. The third-order valence-electron chi connectivity index (χ3n) is 3.93. The minimum atomic E-state index is -0.281. The van der Waals surface area contributed by atoms with Crippen LogP contribution in [0.15, 0.2) is 65.1 Å². The molecular formula is C21H18BrClFNO2. The highest BCUT2D eigenvalue weighted by Crippen LogP contribution is 2.37. The molecule has 1 N–H and O–H groups in total. The number of halogens is 3. The van der Waals surface area contributed by atoms with Gasteiger partial charge in [-0.2, -0.15) is 0 Å². The van der Waals surface area contributed by atoms with Crippen LogP contribution in [0.5, 0.6) is 11.5 Å². The lowest BCUT2D eigenvalue weighted by Gasteiger charge is -2.15. The van der Waals surface area contributed by atoms with Crippen LogP contribution in [-0.4, -0.2) is 7.11 Å². The van der Waals surface area contributed by atoms with Gasteiger partial charge in [-0.3, -0.25) is 0 Å². The van der Waals surface area contributed by atoms with E-state index in [4.69, 9.17) is 21.1 Å². The third kappa shape index (κ3) is 5.37. The molecule has 0 heterocycles. The Hall–Kier alpha value is -2.24. The van der Waals surface area contributed by atoms with E-state index in [9.17, 15) is 4.39 Å². The molecule has 3 aromatic carbocycles. The van der Waals surface area contributed by atoms with Crippen molar-refractivity contribution in [2.45, 2.75) is 13.2 Å². The molecule has 0 spiro atoms. The van der Waals surface area contributed by atoms with Crippen LogP contribution in [0, 0.1) is 5.82 Å². The lowest BCUT2D eigenvalue weighted by atomic mass is 10.2. The quantitative estimate of drug-likeness (QED) is 0.449. The highest BCUT2D eigenvalue weighted by atomic mass is 79.9. The summed E-state index contributed by atoms with van der Waals surface area (Å²) in [5, 5.41) is 3.80. The molecule has 0 fully saturated rings. The van der Waals surface area contributed by atoms with E-state index >= 15 is 0 Å². The molecule has 3 rings (SSSR count). The smallest absolute Gasteiger partial charge is 0.180 e. The van der Waals surface area contributed by atoms with Crippen molar-refractivity contribution in [3.05, 3.63) is 87.1 Å². The molecule has 0 radical (unpaired) electrons. The van der Waals surface area contributed by atoms with Gasteiger partial charge in [0.25, 0.3) is 0 Å². The van der Waals surface area contributed by atoms with Crippen LogP contribution in [0.3, 0.4) is 0 Å². The number of rotatable bonds is 7. The van der Waals surface area contributed by atoms with Crippen LogP contribution in [-0.2, 0) is 13.2 Å². The van der Waals surface area contributed by atoms with E-state index in [-0.39, 0.29) is 12.4 Å². The predicted molar refractivity (Wildman–Crippen MR) is 110 cm³/mol. The average Bonchev–Trinajstić information content (AvgIpc) is 2.67. The van der Waals surface area contributed by atoms with E-state index in [1.165, 1.54) is 12.1 Å². The molecular weight excluding hydrogens is 433 g/mol. The van der Waals surface area contributed by atoms with Crippen LogP contribution in [0.2, 0.25) is 5.02 Å². The van der Waals surface area contributed by atoms with Crippen LogP contribution in [0.25, 0.3) is 0 Å². The summed E-state index contributed by atoms with van der Waals surface area (Å²) >= 11 is 9.83. The van der Waals surface area contributed by atoms with Crippen molar-refractivity contribution in [2.24, 2.45) is 0 Å². The highest BCUT2D eigenvalue weighted by Gasteiger charge is 2.12. The predicted octanol–water partition coefficient (Wildman–Crippen LogP) is 6.44. The number of anilines is 1. The topological polar surface area (TPSA) is 30.5 Å². The van der Waals surface area contributed by atoms with Crippen molar-refractivity contribution in [3.8, 4) is 11.5 Å². The molecule has 0 saturated carbocycles. The molecule has 27 heavy (non-hydrogen) atoms. The SMILES string of the molecule is COc1cc(CNc2ccc(Br)cc2)cc(Cl)c1OCc1ccc(F)cc1. The van der Waals surface area contributed by atoms with E-state index in [1.807, 2.05) is 36.4 Å². The van der Waals surface area contributed by atoms with Crippen molar-refractivity contribution in [3.63, 3.8) is 0 Å². The molecule has 0 amide bonds. The first kappa shape index (κ1) is 19.5. The van der Waals surface area contributed by atoms with Gasteiger partial charge < -0.3 is 14.8 Å². The molecule has 140 valence electrons. The van der Waals surface area contributed by atoms with Crippen LogP contribution < -0.4 is 14.8 Å². The summed E-state index contributed by atoms with van der Waals surface area (Å²) in [7, 11) is 1.57. The van der Waals surface area contributed by atoms with Crippen LogP contribution >= 0.6 is 27.5 Å². The molecule has 0 aliphatic carbocycles. The summed E-state index contributed by atoms with van der Waals surface area (Å²) in [5.74, 6) is 0.741. The highest BCUT2D eigenvalue weighted by molar-refractivity contribution is 9.10. The van der Waals surface area contributed by atoms with Gasteiger partial charge in [-0.25, -0.2) is 4.39 Å². The summed E-state index contributed by atoms with van der Waals surface area (Å²) in [5.41, 5.74) is 2.81. The second-order valence-electron chi connectivity index (χ2n) is 5.88. The number of ether oxygens (including phenoxy) is 2. The standard InChI is InChI=1S/C21H18BrClFNO2/c1-26-20-11-15(12-25-18-8-4-16(22)5-9-18)10-19(23)21(20)27-13-14-2-6-17(24)7-3-14/h2-11,25H,12-13H2,1H3. The van der Waals surface area contributed by atoms with Crippen molar-refractivity contribution in [1.29, 1.82) is 0 Å². The zero-order valence-electron chi connectivity index (χ0n) is 14.6. The first-order chi connectivity index (χ1) is 13.0. The fourth-order valence-electron chi connectivity index (χ4n) is 2.52. The number of nitrogens with one attached hydrogen (secondary N) is 1. The Morgan fingerprint density at radius 3 is 2.37 bits per heavy atom. The van der Waals surface area contributed by atoms with Crippen LogP contribution in [0.4, 0.5) is 10.1 Å². The molecule has 0 aliphatic heterocycles. The van der Waals surface area contributed by atoms with Crippen molar-refractivity contribution < 1.29 is 13.9 Å². The Labute approximate surface area is 171 Å². The van der Waals surface area contributed by atoms with Gasteiger partial charge in [0.05, 0.1) is 12.1 Å². The number of benzene rings is 3. The first-order valence-electron chi connectivity index (χ1n) is 8.28. The van der Waals surface area contributed by atoms with Gasteiger partial charge in [0.15, 0.2) is 11.5 Å². The zero-order chi connectivity index (χ0) is 19.2. The molecule has 0 atom stereocenters. The molecule has 3 aromatic rings. The zero-order valence-corrected chi connectivity index (χ0v) is 17.0. The van der Waals surface area contributed by atoms with E-state index in [0.717, 1.165) is 21.3 Å². The molecule has 0 aromatic heterocycles. The van der Waals surface area contributed by atoms with E-state index < -0.39 is 0 Å². The normalized spacial score (nSPS) is 10.5. The molecule has 0 aliphatic rings. The molecule has 6 heteroatoms. The Morgan fingerprint density at radius 2 is 1.70 bits per heavy atom. The first-order valence-corrected chi connectivity index (χ1v) is 9.45. The van der Waals surface area contributed by atoms with Gasteiger partial charge in [-0.05, 0) is 59.7 Å². The van der Waals surface area contributed by atoms with Gasteiger partial charge in [-0.15, -0.1) is 0 Å². The molecule has 0 unspecified atom stereocenters. The largest absolute Gasteiger partial charge is 0.493 e. The number of hydrogen-bond acceptors (Lipinski definition) is 3. The summed E-state index contributed by atoms with van der Waals surface area (Å²) in [4.78, 5) is 0. The van der Waals surface area contributed by atoms with E-state index in [1.54, 1.807) is 19.2 Å². The fraction of sp³-hybridized carbons (Fsp3) is 0.143. The Balaban J connectivity index is 1.70. The second-order valence-corrected chi connectivity index (χ2v) is 7.21. The maximum atomic E-state index is 13.0. The minimum Gasteiger partial charge on any atom is -0.493 e. The summed E-state index contributed by atoms with van der Waals surface area (Å²) in [6, 6.07) is 17.8. The van der Waals surface area contributed by atoms with Gasteiger partial charge >= 0.3 is 0 Å². The van der Waals surface area contributed by atoms with Gasteiger partial charge in [0, 0.05) is 16.7 Å². The molecule has 0 saturated heterocycles. The van der Waals surface area contributed by atoms with Gasteiger partial charge in [0.2, 0.25) is 0 Å². The molecule has 0 bridgehead atoms. The third-order valence-corrected chi connectivity index (χ3v) is 4.74. The van der Waals surface area contributed by atoms with Gasteiger partial charge in [0.1, 0.15) is 12.4 Å². The number of hydrogen-bond donors (Lipinski definition) is 1. The van der Waals surface area contributed by atoms with Crippen LogP contribution in [0.1, 0.15) is 11.1 Å². The van der Waals surface area contributed by atoms with Crippen molar-refractivity contribution in [2.75, 3.05) is 12.4 Å². The Bertz CT molecular complexity index is 901. The van der Waals surface area contributed by atoms with Crippen molar-refractivity contribution in [1.82, 2.24) is 0 Å². The second kappa shape index (κ2) is 9.11. The number of methoxy groups -OCH3 is 1. The van der Waals surface area contributed by atoms with E-state index in [0.29, 0.717) is 23.1 Å². The maximum absolute atomic E-state index is 13.0.